The Morgan fingerprint density at radius 2 is 1.48 bits per heavy atom. The van der Waals surface area contributed by atoms with Gasteiger partial charge >= 0.3 is 0 Å². The molecule has 2 aromatic carbocycles. The Morgan fingerprint density at radius 3 is 2.26 bits per heavy atom. The van der Waals surface area contributed by atoms with Crippen LogP contribution >= 0.6 is 0 Å². The van der Waals surface area contributed by atoms with Crippen LogP contribution in [-0.2, 0) is 0 Å². The Bertz CT molecular complexity index is 995. The minimum Gasteiger partial charge on any atom is -0.477 e. The summed E-state index contributed by atoms with van der Waals surface area (Å²) in [6.45, 7) is 2.54. The molecule has 0 atom stereocenters. The molecule has 3 heteroatoms. The summed E-state index contributed by atoms with van der Waals surface area (Å²) in [7, 11) is 0. The largest absolute Gasteiger partial charge is 0.477 e. The molecule has 0 aliphatic rings. The van der Waals surface area contributed by atoms with Gasteiger partial charge in [-0.3, -0.25) is 0 Å². The van der Waals surface area contributed by atoms with Crippen molar-refractivity contribution < 1.29 is 4.74 Å². The zero-order chi connectivity index (χ0) is 15.6. The first-order valence-corrected chi connectivity index (χ1v) is 7.74. The van der Waals surface area contributed by atoms with Gasteiger partial charge in [-0.25, -0.2) is 9.97 Å². The molecule has 0 spiro atoms. The molecule has 0 unspecified atom stereocenters. The molecular weight excluding hydrogens is 284 g/mol. The van der Waals surface area contributed by atoms with E-state index in [9.17, 15) is 0 Å². The lowest BCUT2D eigenvalue weighted by molar-refractivity contribution is 0.329. The molecule has 0 amide bonds. The van der Waals surface area contributed by atoms with Crippen LogP contribution in [0.1, 0.15) is 6.92 Å². The first-order valence-electron chi connectivity index (χ1n) is 7.74. The van der Waals surface area contributed by atoms with E-state index in [0.717, 1.165) is 33.1 Å². The summed E-state index contributed by atoms with van der Waals surface area (Å²) >= 11 is 0. The Morgan fingerprint density at radius 1 is 0.783 bits per heavy atom. The average molecular weight is 300 g/mol. The molecule has 0 aliphatic carbocycles. The van der Waals surface area contributed by atoms with Crippen LogP contribution in [0.4, 0.5) is 0 Å². The molecule has 0 saturated carbocycles. The Kier molecular flexibility index (Phi) is 3.39. The number of pyridine rings is 2. The molecule has 112 valence electrons. The van der Waals surface area contributed by atoms with Crippen LogP contribution in [0, 0.1) is 0 Å². The highest BCUT2D eigenvalue weighted by Crippen LogP contribution is 2.31. The van der Waals surface area contributed by atoms with Crippen LogP contribution in [0.5, 0.6) is 5.88 Å². The average Bonchev–Trinajstić information content (AvgIpc) is 2.61. The molecule has 0 N–H and O–H groups in total. The summed E-state index contributed by atoms with van der Waals surface area (Å²) in [5.74, 6) is 0.633. The molecule has 0 aliphatic heterocycles. The Balaban J connectivity index is 1.95. The molecule has 2 aromatic heterocycles. The van der Waals surface area contributed by atoms with Gasteiger partial charge in [-0.15, -0.1) is 0 Å². The van der Waals surface area contributed by atoms with Crippen LogP contribution in [0.15, 0.2) is 66.7 Å². The topological polar surface area (TPSA) is 35.0 Å². The van der Waals surface area contributed by atoms with E-state index in [0.29, 0.717) is 12.5 Å². The van der Waals surface area contributed by atoms with Gasteiger partial charge in [0.1, 0.15) is 0 Å². The molecule has 3 nitrogen and oxygen atoms in total. The lowest BCUT2D eigenvalue weighted by Gasteiger charge is -2.11. The van der Waals surface area contributed by atoms with Crippen LogP contribution in [0.3, 0.4) is 0 Å². The van der Waals surface area contributed by atoms with Crippen molar-refractivity contribution in [3.05, 3.63) is 66.7 Å². The normalized spacial score (nSPS) is 11.0. The van der Waals surface area contributed by atoms with Crippen molar-refractivity contribution in [3.8, 4) is 17.1 Å². The summed E-state index contributed by atoms with van der Waals surface area (Å²) in [6, 6.07) is 22.4. The fraction of sp³-hybridized carbons (Fsp3) is 0.100. The van der Waals surface area contributed by atoms with Gasteiger partial charge in [0.05, 0.1) is 28.9 Å². The van der Waals surface area contributed by atoms with Crippen molar-refractivity contribution >= 4 is 21.8 Å². The lowest BCUT2D eigenvalue weighted by Crippen LogP contribution is -1.98. The minimum absolute atomic E-state index is 0.575. The molecule has 0 bridgehead atoms. The summed E-state index contributed by atoms with van der Waals surface area (Å²) in [5.41, 5.74) is 3.71. The van der Waals surface area contributed by atoms with E-state index in [4.69, 9.17) is 9.72 Å². The first kappa shape index (κ1) is 13.7. The SMILES string of the molecule is CCOc1nc2ccccc2cc1-c1ccc2ccccc2n1. The standard InChI is InChI=1S/C20H16N2O/c1-2-23-20-16(13-15-8-4-6-10-18(15)22-20)19-12-11-14-7-3-5-9-17(14)21-19/h3-13H,2H2,1H3. The number of rotatable bonds is 3. The number of aromatic nitrogens is 2. The van der Waals surface area contributed by atoms with Crippen LogP contribution in [0.2, 0.25) is 0 Å². The Labute approximate surface area is 134 Å². The molecule has 4 aromatic rings. The quantitative estimate of drug-likeness (QED) is 0.542. The third kappa shape index (κ3) is 2.50. The highest BCUT2D eigenvalue weighted by Gasteiger charge is 2.12. The highest BCUT2D eigenvalue weighted by molar-refractivity contribution is 5.87. The van der Waals surface area contributed by atoms with E-state index in [1.54, 1.807) is 0 Å². The maximum atomic E-state index is 5.76. The van der Waals surface area contributed by atoms with Gasteiger partial charge in [0, 0.05) is 10.8 Å². The number of nitrogens with zero attached hydrogens (tertiary/aromatic N) is 2. The molecule has 4 rings (SSSR count). The van der Waals surface area contributed by atoms with Crippen molar-refractivity contribution in [2.45, 2.75) is 6.92 Å². The van der Waals surface area contributed by atoms with E-state index >= 15 is 0 Å². The summed E-state index contributed by atoms with van der Waals surface area (Å²) in [6.07, 6.45) is 0. The van der Waals surface area contributed by atoms with Gasteiger partial charge in [-0.1, -0.05) is 42.5 Å². The first-order chi connectivity index (χ1) is 11.3. The zero-order valence-corrected chi connectivity index (χ0v) is 12.9. The molecule has 2 heterocycles. The maximum absolute atomic E-state index is 5.76. The predicted molar refractivity (Wildman–Crippen MR) is 93.6 cm³/mol. The number of hydrogen-bond donors (Lipinski definition) is 0. The van der Waals surface area contributed by atoms with Crippen molar-refractivity contribution in [3.63, 3.8) is 0 Å². The molecule has 0 fully saturated rings. The van der Waals surface area contributed by atoms with Crippen molar-refractivity contribution in [2.75, 3.05) is 6.61 Å². The summed E-state index contributed by atoms with van der Waals surface area (Å²) in [4.78, 5) is 9.43. The molecular formula is C20H16N2O. The number of benzene rings is 2. The zero-order valence-electron chi connectivity index (χ0n) is 12.9. The van der Waals surface area contributed by atoms with Crippen LogP contribution in [-0.4, -0.2) is 16.6 Å². The Hall–Kier alpha value is -2.94. The van der Waals surface area contributed by atoms with E-state index in [1.807, 2.05) is 49.4 Å². The van der Waals surface area contributed by atoms with E-state index in [1.165, 1.54) is 0 Å². The fourth-order valence-electron chi connectivity index (χ4n) is 2.74. The second kappa shape index (κ2) is 5.69. The van der Waals surface area contributed by atoms with E-state index < -0.39 is 0 Å². The minimum atomic E-state index is 0.575. The number of hydrogen-bond acceptors (Lipinski definition) is 3. The predicted octanol–water partition coefficient (Wildman–Crippen LogP) is 4.85. The maximum Gasteiger partial charge on any atom is 0.223 e. The van der Waals surface area contributed by atoms with Gasteiger partial charge in [0.2, 0.25) is 5.88 Å². The monoisotopic (exact) mass is 300 g/mol. The third-order valence-corrected chi connectivity index (χ3v) is 3.84. The number of fused-ring (bicyclic) bond motifs is 2. The second-order valence-corrected chi connectivity index (χ2v) is 5.36. The van der Waals surface area contributed by atoms with Crippen molar-refractivity contribution in [1.82, 2.24) is 9.97 Å². The fourth-order valence-corrected chi connectivity index (χ4v) is 2.74. The van der Waals surface area contributed by atoms with Gasteiger partial charge < -0.3 is 4.74 Å². The molecule has 23 heavy (non-hydrogen) atoms. The number of para-hydroxylation sites is 2. The van der Waals surface area contributed by atoms with E-state index in [-0.39, 0.29) is 0 Å². The van der Waals surface area contributed by atoms with E-state index in [2.05, 4.69) is 29.2 Å². The summed E-state index contributed by atoms with van der Waals surface area (Å²) < 4.78 is 5.76. The van der Waals surface area contributed by atoms with Crippen molar-refractivity contribution in [2.24, 2.45) is 0 Å². The van der Waals surface area contributed by atoms with Crippen LogP contribution < -0.4 is 4.74 Å². The van der Waals surface area contributed by atoms with Gasteiger partial charge in [-0.2, -0.15) is 0 Å². The lowest BCUT2D eigenvalue weighted by atomic mass is 10.1. The second-order valence-electron chi connectivity index (χ2n) is 5.36. The van der Waals surface area contributed by atoms with Gasteiger partial charge in [0.25, 0.3) is 0 Å². The molecule has 0 saturated heterocycles. The van der Waals surface area contributed by atoms with Gasteiger partial charge in [0.15, 0.2) is 0 Å². The highest BCUT2D eigenvalue weighted by atomic mass is 16.5. The summed E-state index contributed by atoms with van der Waals surface area (Å²) in [5, 5.41) is 2.21. The number of ether oxygens (including phenoxy) is 1. The van der Waals surface area contributed by atoms with Crippen LogP contribution in [0.25, 0.3) is 33.1 Å². The third-order valence-electron chi connectivity index (χ3n) is 3.84. The molecule has 0 radical (unpaired) electrons. The van der Waals surface area contributed by atoms with Crippen molar-refractivity contribution in [1.29, 1.82) is 0 Å². The smallest absolute Gasteiger partial charge is 0.223 e. The van der Waals surface area contributed by atoms with Gasteiger partial charge in [-0.05, 0) is 31.2 Å².